The number of nitrogens with one attached hydrogen (secondary N) is 1. The average Bonchev–Trinajstić information content (AvgIpc) is 2.52. The summed E-state index contributed by atoms with van der Waals surface area (Å²) in [5.41, 5.74) is 8.18. The Morgan fingerprint density at radius 3 is 2.52 bits per heavy atom. The zero-order valence-electron chi connectivity index (χ0n) is 13.4. The van der Waals surface area contributed by atoms with Gasteiger partial charge in [-0.2, -0.15) is 0 Å². The van der Waals surface area contributed by atoms with Crippen LogP contribution in [0.25, 0.3) is 0 Å². The Balaban J connectivity index is 2.07. The molecule has 0 aliphatic heterocycles. The molecular formula is C18H20N2O3. The first-order valence-electron chi connectivity index (χ1n) is 7.32. The Morgan fingerprint density at radius 1 is 1.13 bits per heavy atom. The van der Waals surface area contributed by atoms with Crippen molar-refractivity contribution in [2.45, 2.75) is 26.9 Å². The van der Waals surface area contributed by atoms with Gasteiger partial charge in [0.15, 0.2) is 6.10 Å². The second kappa shape index (κ2) is 6.96. The Morgan fingerprint density at radius 2 is 1.83 bits per heavy atom. The van der Waals surface area contributed by atoms with Crippen molar-refractivity contribution in [3.63, 3.8) is 0 Å². The first-order chi connectivity index (χ1) is 10.9. The fourth-order valence-corrected chi connectivity index (χ4v) is 2.09. The molecule has 23 heavy (non-hydrogen) atoms. The highest BCUT2D eigenvalue weighted by Gasteiger charge is 2.16. The van der Waals surface area contributed by atoms with Gasteiger partial charge in [0.2, 0.25) is 5.91 Å². The minimum absolute atomic E-state index is 0.299. The van der Waals surface area contributed by atoms with Crippen LogP contribution in [-0.4, -0.2) is 17.9 Å². The number of hydrogen-bond donors (Lipinski definition) is 2. The molecule has 0 bridgehead atoms. The first kappa shape index (κ1) is 16.5. The summed E-state index contributed by atoms with van der Waals surface area (Å²) in [5.74, 6) is -0.160. The number of primary amides is 1. The van der Waals surface area contributed by atoms with Crippen molar-refractivity contribution in [1.29, 1.82) is 0 Å². The van der Waals surface area contributed by atoms with Crippen LogP contribution in [-0.2, 0) is 4.79 Å². The van der Waals surface area contributed by atoms with E-state index in [0.29, 0.717) is 17.0 Å². The van der Waals surface area contributed by atoms with Gasteiger partial charge in [-0.15, -0.1) is 0 Å². The first-order valence-corrected chi connectivity index (χ1v) is 7.32. The van der Waals surface area contributed by atoms with E-state index < -0.39 is 12.0 Å². The molecule has 0 fully saturated rings. The van der Waals surface area contributed by atoms with E-state index in [1.165, 1.54) is 6.07 Å². The Bertz CT molecular complexity index is 741. The lowest BCUT2D eigenvalue weighted by Crippen LogP contribution is -2.30. The number of carbonyl (C=O) groups is 2. The third kappa shape index (κ3) is 4.10. The van der Waals surface area contributed by atoms with Crippen molar-refractivity contribution in [3.05, 3.63) is 59.2 Å². The highest BCUT2D eigenvalue weighted by molar-refractivity contribution is 5.97. The molecule has 2 aromatic carbocycles. The molecule has 2 aromatic rings. The van der Waals surface area contributed by atoms with Gasteiger partial charge < -0.3 is 15.8 Å². The number of hydrogen-bond acceptors (Lipinski definition) is 3. The summed E-state index contributed by atoms with van der Waals surface area (Å²) in [6, 6.07) is 12.2. The summed E-state index contributed by atoms with van der Waals surface area (Å²) >= 11 is 0. The molecule has 120 valence electrons. The van der Waals surface area contributed by atoms with Crippen LogP contribution in [0, 0.1) is 13.8 Å². The molecular weight excluding hydrogens is 292 g/mol. The van der Waals surface area contributed by atoms with Crippen LogP contribution in [0.5, 0.6) is 5.75 Å². The van der Waals surface area contributed by atoms with Gasteiger partial charge in [0.1, 0.15) is 5.75 Å². The lowest BCUT2D eigenvalue weighted by molar-refractivity contribution is -0.122. The molecule has 0 radical (unpaired) electrons. The van der Waals surface area contributed by atoms with Crippen molar-refractivity contribution in [2.24, 2.45) is 5.73 Å². The van der Waals surface area contributed by atoms with Crippen molar-refractivity contribution in [1.82, 2.24) is 0 Å². The zero-order valence-corrected chi connectivity index (χ0v) is 13.4. The zero-order chi connectivity index (χ0) is 17.0. The van der Waals surface area contributed by atoms with Crippen LogP contribution in [0.4, 0.5) is 5.69 Å². The molecule has 0 saturated carbocycles. The largest absolute Gasteiger partial charge is 0.481 e. The number of ether oxygens (including phenoxy) is 1. The van der Waals surface area contributed by atoms with Gasteiger partial charge in [-0.1, -0.05) is 18.2 Å². The van der Waals surface area contributed by atoms with E-state index in [1.54, 1.807) is 25.1 Å². The molecule has 0 unspecified atom stereocenters. The lowest BCUT2D eigenvalue weighted by Gasteiger charge is -2.17. The van der Waals surface area contributed by atoms with Gasteiger partial charge in [0.05, 0.1) is 0 Å². The minimum Gasteiger partial charge on any atom is -0.481 e. The number of carbonyl (C=O) groups excluding carboxylic acids is 2. The van der Waals surface area contributed by atoms with E-state index >= 15 is 0 Å². The monoisotopic (exact) mass is 312 g/mol. The molecule has 0 saturated heterocycles. The van der Waals surface area contributed by atoms with E-state index in [4.69, 9.17) is 10.5 Å². The fraction of sp³-hybridized carbons (Fsp3) is 0.222. The molecule has 0 aliphatic rings. The second-order valence-electron chi connectivity index (χ2n) is 5.39. The number of nitrogens with two attached hydrogens (primary N) is 1. The summed E-state index contributed by atoms with van der Waals surface area (Å²) in [5, 5.41) is 2.72. The van der Waals surface area contributed by atoms with E-state index in [-0.39, 0.29) is 5.91 Å². The quantitative estimate of drug-likeness (QED) is 0.890. The Hall–Kier alpha value is -2.82. The maximum absolute atomic E-state index is 12.2. The predicted molar refractivity (Wildman–Crippen MR) is 89.6 cm³/mol. The standard InChI is InChI=1S/C18H20N2O3/c1-11-6-4-9-16(12(11)2)23-13(3)18(22)20-15-8-5-7-14(10-15)17(19)21/h4-10,13H,1-3H3,(H2,19,21)(H,20,22)/t13-/m1/s1. The number of aryl methyl sites for hydroxylation is 1. The molecule has 0 aliphatic carbocycles. The Labute approximate surface area is 135 Å². The molecule has 1 atom stereocenters. The summed E-state index contributed by atoms with van der Waals surface area (Å²) in [4.78, 5) is 23.4. The summed E-state index contributed by atoms with van der Waals surface area (Å²) in [6.07, 6.45) is -0.673. The predicted octanol–water partition coefficient (Wildman–Crippen LogP) is 2.81. The molecule has 0 aromatic heterocycles. The van der Waals surface area contributed by atoms with Gasteiger partial charge in [-0.05, 0) is 56.2 Å². The molecule has 2 rings (SSSR count). The molecule has 5 nitrogen and oxygen atoms in total. The highest BCUT2D eigenvalue weighted by Crippen LogP contribution is 2.22. The number of anilines is 1. The van der Waals surface area contributed by atoms with Crippen LogP contribution < -0.4 is 15.8 Å². The summed E-state index contributed by atoms with van der Waals surface area (Å²) < 4.78 is 5.73. The molecule has 0 spiro atoms. The third-order valence-electron chi connectivity index (χ3n) is 3.64. The third-order valence-corrected chi connectivity index (χ3v) is 3.64. The normalized spacial score (nSPS) is 11.6. The Kier molecular flexibility index (Phi) is 5.01. The molecule has 5 heteroatoms. The van der Waals surface area contributed by atoms with Gasteiger partial charge in [-0.3, -0.25) is 9.59 Å². The SMILES string of the molecule is Cc1cccc(O[C@H](C)C(=O)Nc2cccc(C(N)=O)c2)c1C. The van der Waals surface area contributed by atoms with Crippen molar-refractivity contribution >= 4 is 17.5 Å². The average molecular weight is 312 g/mol. The van der Waals surface area contributed by atoms with Crippen LogP contribution in [0.3, 0.4) is 0 Å². The van der Waals surface area contributed by atoms with Gasteiger partial charge in [0.25, 0.3) is 5.91 Å². The van der Waals surface area contributed by atoms with Gasteiger partial charge >= 0.3 is 0 Å². The fourth-order valence-electron chi connectivity index (χ4n) is 2.09. The van der Waals surface area contributed by atoms with E-state index in [9.17, 15) is 9.59 Å². The van der Waals surface area contributed by atoms with E-state index in [2.05, 4.69) is 5.32 Å². The van der Waals surface area contributed by atoms with E-state index in [1.807, 2.05) is 32.0 Å². The van der Waals surface area contributed by atoms with Gasteiger partial charge in [-0.25, -0.2) is 0 Å². The second-order valence-corrected chi connectivity index (χ2v) is 5.39. The van der Waals surface area contributed by atoms with Crippen molar-refractivity contribution in [3.8, 4) is 5.75 Å². The summed E-state index contributed by atoms with van der Waals surface area (Å²) in [7, 11) is 0. The van der Waals surface area contributed by atoms with Crippen LogP contribution >= 0.6 is 0 Å². The van der Waals surface area contributed by atoms with Gasteiger partial charge in [0, 0.05) is 11.3 Å². The van der Waals surface area contributed by atoms with Crippen LogP contribution in [0.15, 0.2) is 42.5 Å². The number of benzene rings is 2. The van der Waals surface area contributed by atoms with E-state index in [0.717, 1.165) is 11.1 Å². The minimum atomic E-state index is -0.673. The maximum atomic E-state index is 12.2. The number of rotatable bonds is 5. The summed E-state index contributed by atoms with van der Waals surface area (Å²) in [6.45, 7) is 5.61. The van der Waals surface area contributed by atoms with Crippen LogP contribution in [0.1, 0.15) is 28.4 Å². The molecule has 0 heterocycles. The lowest BCUT2D eigenvalue weighted by atomic mass is 10.1. The maximum Gasteiger partial charge on any atom is 0.265 e. The van der Waals surface area contributed by atoms with Crippen molar-refractivity contribution in [2.75, 3.05) is 5.32 Å². The topological polar surface area (TPSA) is 81.4 Å². The number of amides is 2. The molecule has 3 N–H and O–H groups in total. The van der Waals surface area contributed by atoms with Crippen molar-refractivity contribution < 1.29 is 14.3 Å². The highest BCUT2D eigenvalue weighted by atomic mass is 16.5. The smallest absolute Gasteiger partial charge is 0.265 e. The molecule has 2 amide bonds. The van der Waals surface area contributed by atoms with Crippen LogP contribution in [0.2, 0.25) is 0 Å².